The Morgan fingerprint density at radius 2 is 1.20 bits per heavy atom. The number of aryl methyl sites for hydroxylation is 2. The van der Waals surface area contributed by atoms with Crippen molar-refractivity contribution in [2.24, 2.45) is 7.05 Å². The molecule has 0 saturated carbocycles. The van der Waals surface area contributed by atoms with Crippen LogP contribution in [0.3, 0.4) is 0 Å². The lowest BCUT2D eigenvalue weighted by molar-refractivity contribution is 0.111. The predicted octanol–water partition coefficient (Wildman–Crippen LogP) is 5.95. The molecule has 1 N–H and O–H groups in total. The standard InChI is InChI=1S/C34H33N3O3/c1-26-32(23-38)33(37(2)36-26)40-25-30(24-39-31-21-13-6-14-22-31)35-34(27-15-7-3-8-16-27,28-17-9-4-10-18-28)29-19-11-5-12-20-29/h3-23,30,35H,24-25H2,1-2H3. The highest BCUT2D eigenvalue weighted by Crippen LogP contribution is 2.37. The fraction of sp³-hybridized carbons (Fsp3) is 0.176. The minimum atomic E-state index is -0.715. The molecule has 1 atom stereocenters. The highest BCUT2D eigenvalue weighted by Gasteiger charge is 2.38. The van der Waals surface area contributed by atoms with Crippen LogP contribution in [0.1, 0.15) is 32.7 Å². The van der Waals surface area contributed by atoms with Crippen molar-refractivity contribution in [3.8, 4) is 11.6 Å². The first-order chi connectivity index (χ1) is 19.6. The quantitative estimate of drug-likeness (QED) is 0.159. The second kappa shape index (κ2) is 12.5. The van der Waals surface area contributed by atoms with Crippen LogP contribution in [0.2, 0.25) is 0 Å². The van der Waals surface area contributed by atoms with Gasteiger partial charge in [-0.2, -0.15) is 5.10 Å². The van der Waals surface area contributed by atoms with E-state index in [9.17, 15) is 4.79 Å². The largest absolute Gasteiger partial charge is 0.492 e. The first-order valence-corrected chi connectivity index (χ1v) is 13.4. The summed E-state index contributed by atoms with van der Waals surface area (Å²) in [5.41, 5.74) is 3.62. The summed E-state index contributed by atoms with van der Waals surface area (Å²) in [5, 5.41) is 8.33. The average molecular weight is 532 g/mol. The van der Waals surface area contributed by atoms with Crippen LogP contribution in [0.5, 0.6) is 11.6 Å². The van der Waals surface area contributed by atoms with E-state index < -0.39 is 5.54 Å². The number of para-hydroxylation sites is 1. The molecule has 5 aromatic rings. The zero-order chi connectivity index (χ0) is 27.8. The maximum absolute atomic E-state index is 11.8. The Morgan fingerprint density at radius 3 is 1.68 bits per heavy atom. The molecule has 0 radical (unpaired) electrons. The summed E-state index contributed by atoms with van der Waals surface area (Å²) in [5.74, 6) is 1.20. The van der Waals surface area contributed by atoms with Crippen molar-refractivity contribution in [2.75, 3.05) is 13.2 Å². The molecular formula is C34H33N3O3. The summed E-state index contributed by atoms with van der Waals surface area (Å²) in [4.78, 5) is 11.8. The Labute approximate surface area is 235 Å². The number of carbonyl (C=O) groups excluding carboxylic acids is 1. The monoisotopic (exact) mass is 531 g/mol. The van der Waals surface area contributed by atoms with Crippen molar-refractivity contribution >= 4 is 6.29 Å². The van der Waals surface area contributed by atoms with Gasteiger partial charge in [0.05, 0.1) is 22.8 Å². The van der Waals surface area contributed by atoms with E-state index in [2.05, 4.69) is 83.2 Å². The predicted molar refractivity (Wildman–Crippen MR) is 157 cm³/mol. The van der Waals surface area contributed by atoms with Crippen molar-refractivity contribution in [3.05, 3.63) is 149 Å². The van der Waals surface area contributed by atoms with Crippen molar-refractivity contribution in [1.82, 2.24) is 15.1 Å². The highest BCUT2D eigenvalue weighted by atomic mass is 16.5. The van der Waals surface area contributed by atoms with Crippen LogP contribution in [-0.2, 0) is 12.6 Å². The summed E-state index contributed by atoms with van der Waals surface area (Å²) in [6, 6.07) is 40.7. The topological polar surface area (TPSA) is 65.4 Å². The summed E-state index contributed by atoms with van der Waals surface area (Å²) < 4.78 is 14.2. The highest BCUT2D eigenvalue weighted by molar-refractivity contribution is 5.80. The third-order valence-corrected chi connectivity index (χ3v) is 6.99. The third kappa shape index (κ3) is 5.67. The van der Waals surface area contributed by atoms with E-state index in [0.29, 0.717) is 23.7 Å². The molecule has 5 rings (SSSR count). The van der Waals surface area contributed by atoms with Gasteiger partial charge < -0.3 is 9.47 Å². The molecule has 40 heavy (non-hydrogen) atoms. The van der Waals surface area contributed by atoms with E-state index in [-0.39, 0.29) is 12.6 Å². The van der Waals surface area contributed by atoms with Gasteiger partial charge in [-0.15, -0.1) is 0 Å². The van der Waals surface area contributed by atoms with Crippen LogP contribution >= 0.6 is 0 Å². The number of hydrogen-bond donors (Lipinski definition) is 1. The molecule has 0 bridgehead atoms. The van der Waals surface area contributed by atoms with Crippen LogP contribution in [-0.4, -0.2) is 35.3 Å². The molecule has 6 nitrogen and oxygen atoms in total. The van der Waals surface area contributed by atoms with E-state index in [1.165, 1.54) is 0 Å². The molecule has 0 fully saturated rings. The molecule has 6 heteroatoms. The summed E-state index contributed by atoms with van der Waals surface area (Å²) in [6.07, 6.45) is 0.794. The molecule has 1 heterocycles. The van der Waals surface area contributed by atoms with Crippen LogP contribution in [0.4, 0.5) is 0 Å². The van der Waals surface area contributed by atoms with Crippen LogP contribution < -0.4 is 14.8 Å². The number of benzene rings is 4. The number of carbonyl (C=O) groups is 1. The van der Waals surface area contributed by atoms with Gasteiger partial charge in [-0.25, -0.2) is 4.68 Å². The fourth-order valence-electron chi connectivity index (χ4n) is 5.11. The molecule has 1 unspecified atom stereocenters. The Bertz CT molecular complexity index is 1410. The number of aldehydes is 1. The van der Waals surface area contributed by atoms with Crippen molar-refractivity contribution in [2.45, 2.75) is 18.5 Å². The first kappa shape index (κ1) is 26.9. The second-order valence-corrected chi connectivity index (χ2v) is 9.67. The lowest BCUT2D eigenvalue weighted by Crippen LogP contribution is -2.53. The van der Waals surface area contributed by atoms with Gasteiger partial charge in [0.1, 0.15) is 19.0 Å². The number of nitrogens with zero attached hydrogens (tertiary/aromatic N) is 2. The number of nitrogens with one attached hydrogen (secondary N) is 1. The number of ether oxygens (including phenoxy) is 2. The van der Waals surface area contributed by atoms with Crippen molar-refractivity contribution < 1.29 is 14.3 Å². The molecule has 0 aliphatic rings. The molecule has 0 saturated heterocycles. The molecule has 202 valence electrons. The molecule has 1 aromatic heterocycles. The van der Waals surface area contributed by atoms with Crippen molar-refractivity contribution in [1.29, 1.82) is 0 Å². The number of aromatic nitrogens is 2. The van der Waals surface area contributed by atoms with Gasteiger partial charge >= 0.3 is 0 Å². The lowest BCUT2D eigenvalue weighted by atomic mass is 9.76. The molecule has 0 spiro atoms. The van der Waals surface area contributed by atoms with Gasteiger partial charge in [0.15, 0.2) is 6.29 Å². The minimum absolute atomic E-state index is 0.237. The Balaban J connectivity index is 1.58. The minimum Gasteiger partial charge on any atom is -0.492 e. The van der Waals surface area contributed by atoms with Gasteiger partial charge in [0, 0.05) is 7.05 Å². The van der Waals surface area contributed by atoms with E-state index in [4.69, 9.17) is 9.47 Å². The van der Waals surface area contributed by atoms with Crippen LogP contribution in [0, 0.1) is 6.92 Å². The summed E-state index contributed by atoms with van der Waals surface area (Å²) >= 11 is 0. The Morgan fingerprint density at radius 1 is 0.750 bits per heavy atom. The fourth-order valence-corrected chi connectivity index (χ4v) is 5.11. The smallest absolute Gasteiger partial charge is 0.222 e. The summed E-state index contributed by atoms with van der Waals surface area (Å²) in [7, 11) is 1.78. The SMILES string of the molecule is Cc1nn(C)c(OCC(COc2ccccc2)NC(c2ccccc2)(c2ccccc2)c2ccccc2)c1C=O. The van der Waals surface area contributed by atoms with Crippen LogP contribution in [0.25, 0.3) is 0 Å². The third-order valence-electron chi connectivity index (χ3n) is 6.99. The van der Waals surface area contributed by atoms with Gasteiger partial charge in [0.25, 0.3) is 0 Å². The molecular weight excluding hydrogens is 498 g/mol. The number of rotatable bonds is 12. The van der Waals surface area contributed by atoms with Gasteiger partial charge in [-0.1, -0.05) is 109 Å². The van der Waals surface area contributed by atoms with Gasteiger partial charge in [0.2, 0.25) is 5.88 Å². The molecule has 4 aromatic carbocycles. The van der Waals surface area contributed by atoms with E-state index >= 15 is 0 Å². The molecule has 0 amide bonds. The van der Waals surface area contributed by atoms with Crippen LogP contribution in [0.15, 0.2) is 121 Å². The Hall–Kier alpha value is -4.68. The zero-order valence-corrected chi connectivity index (χ0v) is 22.7. The first-order valence-electron chi connectivity index (χ1n) is 13.4. The maximum atomic E-state index is 11.8. The van der Waals surface area contributed by atoms with E-state index in [1.54, 1.807) is 18.7 Å². The number of hydrogen-bond acceptors (Lipinski definition) is 5. The second-order valence-electron chi connectivity index (χ2n) is 9.67. The molecule has 0 aliphatic carbocycles. The van der Waals surface area contributed by atoms with E-state index in [0.717, 1.165) is 28.7 Å². The molecule has 0 aliphatic heterocycles. The van der Waals surface area contributed by atoms with Crippen molar-refractivity contribution in [3.63, 3.8) is 0 Å². The lowest BCUT2D eigenvalue weighted by Gasteiger charge is -2.40. The normalized spacial score (nSPS) is 12.1. The maximum Gasteiger partial charge on any atom is 0.222 e. The Kier molecular flexibility index (Phi) is 8.38. The van der Waals surface area contributed by atoms with Gasteiger partial charge in [-0.05, 0) is 35.7 Å². The van der Waals surface area contributed by atoms with Gasteiger partial charge in [-0.3, -0.25) is 10.1 Å². The zero-order valence-electron chi connectivity index (χ0n) is 22.7. The average Bonchev–Trinajstić information content (AvgIpc) is 3.30. The van der Waals surface area contributed by atoms with E-state index in [1.807, 2.05) is 48.5 Å². The summed E-state index contributed by atoms with van der Waals surface area (Å²) in [6.45, 7) is 2.36.